The molecule has 1 saturated heterocycles. The summed E-state index contributed by atoms with van der Waals surface area (Å²) >= 11 is 0. The smallest absolute Gasteiger partial charge is 0.311 e. The van der Waals surface area contributed by atoms with Gasteiger partial charge < -0.3 is 10.0 Å². The van der Waals surface area contributed by atoms with Gasteiger partial charge in [-0.2, -0.15) is 0 Å². The van der Waals surface area contributed by atoms with Crippen molar-refractivity contribution in [2.75, 3.05) is 13.1 Å². The second-order valence-corrected chi connectivity index (χ2v) is 6.48. The van der Waals surface area contributed by atoms with Gasteiger partial charge in [-0.05, 0) is 24.5 Å². The van der Waals surface area contributed by atoms with Gasteiger partial charge in [0, 0.05) is 18.5 Å². The molecule has 0 bridgehead atoms. The molecule has 2 aromatic rings. The highest BCUT2D eigenvalue weighted by Crippen LogP contribution is 2.38. The summed E-state index contributed by atoms with van der Waals surface area (Å²) in [5.74, 6) is -1.05. The van der Waals surface area contributed by atoms with Crippen molar-refractivity contribution in [1.82, 2.24) is 9.88 Å². The van der Waals surface area contributed by atoms with Crippen molar-refractivity contribution in [1.29, 1.82) is 0 Å². The van der Waals surface area contributed by atoms with E-state index in [-0.39, 0.29) is 18.4 Å². The lowest BCUT2D eigenvalue weighted by Gasteiger charge is -2.28. The molecule has 5 heteroatoms. The third-order valence-corrected chi connectivity index (χ3v) is 4.94. The van der Waals surface area contributed by atoms with Gasteiger partial charge in [-0.3, -0.25) is 9.59 Å². The summed E-state index contributed by atoms with van der Waals surface area (Å²) in [6, 6.07) is 11.2. The number of carboxylic acid groups (broad SMARTS) is 1. The van der Waals surface area contributed by atoms with E-state index in [1.807, 2.05) is 44.2 Å². The van der Waals surface area contributed by atoms with Crippen LogP contribution in [0.1, 0.15) is 30.8 Å². The summed E-state index contributed by atoms with van der Waals surface area (Å²) in [6.07, 6.45) is 0.485. The molecule has 5 nitrogen and oxygen atoms in total. The van der Waals surface area contributed by atoms with E-state index in [4.69, 9.17) is 0 Å². The minimum atomic E-state index is -0.855. The molecule has 1 aromatic heterocycles. The lowest BCUT2D eigenvalue weighted by molar-refractivity contribution is -0.150. The van der Waals surface area contributed by atoms with Crippen molar-refractivity contribution in [2.45, 2.75) is 20.3 Å². The molecule has 1 aromatic carbocycles. The second kappa shape index (κ2) is 5.65. The summed E-state index contributed by atoms with van der Waals surface area (Å²) in [5.41, 5.74) is 0.284. The zero-order valence-electron chi connectivity index (χ0n) is 13.3. The minimum absolute atomic E-state index is 0.0256. The Balaban J connectivity index is 1.87. The lowest BCUT2D eigenvalue weighted by Crippen LogP contribution is -2.40. The number of likely N-dealkylation sites (tertiary alicyclic amines) is 1. The number of para-hydroxylation sites is 1. The van der Waals surface area contributed by atoms with Crippen molar-refractivity contribution in [3.8, 4) is 0 Å². The van der Waals surface area contributed by atoms with Crippen LogP contribution in [0.2, 0.25) is 0 Å². The van der Waals surface area contributed by atoms with Crippen molar-refractivity contribution < 1.29 is 14.7 Å². The predicted octanol–water partition coefficient (Wildman–Crippen LogP) is 2.81. The Morgan fingerprint density at radius 1 is 1.22 bits per heavy atom. The van der Waals surface area contributed by atoms with Crippen LogP contribution < -0.4 is 0 Å². The number of nitrogens with zero attached hydrogens (tertiary/aromatic N) is 2. The first-order chi connectivity index (χ1) is 10.9. The summed E-state index contributed by atoms with van der Waals surface area (Å²) in [6.45, 7) is 4.50. The van der Waals surface area contributed by atoms with Crippen LogP contribution in [0.15, 0.2) is 36.4 Å². The Hall–Kier alpha value is -2.43. The van der Waals surface area contributed by atoms with Crippen molar-refractivity contribution >= 4 is 22.8 Å². The van der Waals surface area contributed by atoms with Gasteiger partial charge >= 0.3 is 5.97 Å². The Morgan fingerprint density at radius 2 is 1.96 bits per heavy atom. The Kier molecular flexibility index (Phi) is 3.80. The Bertz CT molecular complexity index is 772. The monoisotopic (exact) mass is 312 g/mol. The molecule has 0 spiro atoms. The molecule has 1 unspecified atom stereocenters. The van der Waals surface area contributed by atoms with E-state index in [2.05, 4.69) is 4.98 Å². The number of carbonyl (C=O) groups is 2. The SMILES string of the molecule is CC(C)C1(C(=O)O)CCN(C(=O)c2ccc3ccccc3n2)C1. The summed E-state index contributed by atoms with van der Waals surface area (Å²) in [7, 11) is 0. The third-order valence-electron chi connectivity index (χ3n) is 4.94. The maximum atomic E-state index is 12.7. The molecule has 0 aliphatic carbocycles. The number of hydrogen-bond donors (Lipinski definition) is 1. The minimum Gasteiger partial charge on any atom is -0.481 e. The summed E-state index contributed by atoms with van der Waals surface area (Å²) < 4.78 is 0. The largest absolute Gasteiger partial charge is 0.481 e. The van der Waals surface area contributed by atoms with Crippen LogP contribution in [-0.2, 0) is 4.79 Å². The van der Waals surface area contributed by atoms with Crippen molar-refractivity contribution in [2.24, 2.45) is 11.3 Å². The van der Waals surface area contributed by atoms with Crippen LogP contribution in [0, 0.1) is 11.3 Å². The van der Waals surface area contributed by atoms with Gasteiger partial charge in [0.2, 0.25) is 0 Å². The fourth-order valence-electron chi connectivity index (χ4n) is 3.25. The number of amides is 1. The number of carboxylic acids is 1. The number of pyridine rings is 1. The van der Waals surface area contributed by atoms with E-state index in [1.54, 1.807) is 11.0 Å². The van der Waals surface area contributed by atoms with Gasteiger partial charge in [0.1, 0.15) is 5.69 Å². The number of hydrogen-bond acceptors (Lipinski definition) is 3. The zero-order valence-corrected chi connectivity index (χ0v) is 13.3. The normalized spacial score (nSPS) is 21.1. The zero-order chi connectivity index (χ0) is 16.6. The highest BCUT2D eigenvalue weighted by molar-refractivity contribution is 5.95. The van der Waals surface area contributed by atoms with Crippen LogP contribution in [0.4, 0.5) is 0 Å². The Labute approximate surface area is 134 Å². The molecule has 1 amide bonds. The molecule has 1 aliphatic heterocycles. The molecule has 3 rings (SSSR count). The molecule has 0 saturated carbocycles. The maximum Gasteiger partial charge on any atom is 0.311 e. The fraction of sp³-hybridized carbons (Fsp3) is 0.389. The maximum absolute atomic E-state index is 12.7. The molecule has 23 heavy (non-hydrogen) atoms. The van der Waals surface area contributed by atoms with E-state index in [9.17, 15) is 14.7 Å². The van der Waals surface area contributed by atoms with Crippen LogP contribution >= 0.6 is 0 Å². The first kappa shape index (κ1) is 15.5. The second-order valence-electron chi connectivity index (χ2n) is 6.48. The van der Waals surface area contributed by atoms with E-state index >= 15 is 0 Å². The van der Waals surface area contributed by atoms with Gasteiger partial charge in [0.25, 0.3) is 5.91 Å². The molecule has 1 aliphatic rings. The molecular weight excluding hydrogens is 292 g/mol. The number of aromatic nitrogens is 1. The molecular formula is C18H20N2O3. The molecule has 0 radical (unpaired) electrons. The van der Waals surface area contributed by atoms with Gasteiger partial charge in [0.05, 0.1) is 10.9 Å². The summed E-state index contributed by atoms with van der Waals surface area (Å²) in [5, 5.41) is 10.6. The van der Waals surface area contributed by atoms with Gasteiger partial charge in [-0.25, -0.2) is 4.98 Å². The van der Waals surface area contributed by atoms with Crippen LogP contribution in [0.3, 0.4) is 0 Å². The quantitative estimate of drug-likeness (QED) is 0.946. The van der Waals surface area contributed by atoms with Crippen molar-refractivity contribution in [3.63, 3.8) is 0 Å². The number of fused-ring (bicyclic) bond motifs is 1. The van der Waals surface area contributed by atoms with Crippen molar-refractivity contribution in [3.05, 3.63) is 42.1 Å². The van der Waals surface area contributed by atoms with Crippen LogP contribution in [0.25, 0.3) is 10.9 Å². The van der Waals surface area contributed by atoms with Gasteiger partial charge in [-0.1, -0.05) is 38.1 Å². The van der Waals surface area contributed by atoms with Crippen LogP contribution in [0.5, 0.6) is 0 Å². The highest BCUT2D eigenvalue weighted by Gasteiger charge is 2.48. The van der Waals surface area contributed by atoms with Gasteiger partial charge in [0.15, 0.2) is 0 Å². The topological polar surface area (TPSA) is 70.5 Å². The van der Waals surface area contributed by atoms with E-state index < -0.39 is 11.4 Å². The molecule has 1 N–H and O–H groups in total. The molecule has 1 fully saturated rings. The number of carbonyl (C=O) groups excluding carboxylic acids is 1. The average Bonchev–Trinajstić information content (AvgIpc) is 3.00. The van der Waals surface area contributed by atoms with E-state index in [1.165, 1.54) is 0 Å². The molecule has 1 atom stereocenters. The number of benzene rings is 1. The first-order valence-corrected chi connectivity index (χ1v) is 7.82. The predicted molar refractivity (Wildman–Crippen MR) is 87.2 cm³/mol. The molecule has 120 valence electrons. The molecule has 2 heterocycles. The Morgan fingerprint density at radius 3 is 2.61 bits per heavy atom. The average molecular weight is 312 g/mol. The first-order valence-electron chi connectivity index (χ1n) is 7.82. The van der Waals surface area contributed by atoms with Gasteiger partial charge in [-0.15, -0.1) is 0 Å². The number of rotatable bonds is 3. The highest BCUT2D eigenvalue weighted by atomic mass is 16.4. The third kappa shape index (κ3) is 2.56. The lowest BCUT2D eigenvalue weighted by atomic mass is 9.76. The van der Waals surface area contributed by atoms with Crippen LogP contribution in [-0.4, -0.2) is 40.0 Å². The van der Waals surface area contributed by atoms with E-state index in [0.29, 0.717) is 18.7 Å². The fourth-order valence-corrected chi connectivity index (χ4v) is 3.25. The standard InChI is InChI=1S/C18H20N2O3/c1-12(2)18(17(22)23)9-10-20(11-18)16(21)15-8-7-13-5-3-4-6-14(13)19-15/h3-8,12H,9-11H2,1-2H3,(H,22,23). The van der Waals surface area contributed by atoms with E-state index in [0.717, 1.165) is 10.9 Å². The summed E-state index contributed by atoms with van der Waals surface area (Å²) in [4.78, 5) is 30.4. The number of aliphatic carboxylic acids is 1.